The summed E-state index contributed by atoms with van der Waals surface area (Å²) in [5, 5.41) is 6.10. The van der Waals surface area contributed by atoms with Crippen molar-refractivity contribution < 1.29 is 0 Å². The predicted molar refractivity (Wildman–Crippen MR) is 58.7 cm³/mol. The molecule has 0 saturated heterocycles. The lowest BCUT2D eigenvalue weighted by molar-refractivity contribution is 0.436. The molecule has 5 heteroatoms. The molecule has 15 heavy (non-hydrogen) atoms. The maximum absolute atomic E-state index is 11.7. The summed E-state index contributed by atoms with van der Waals surface area (Å²) in [4.78, 5) is 11.7. The highest BCUT2D eigenvalue weighted by atomic mass is 16.1. The Labute approximate surface area is 88.6 Å². The van der Waals surface area contributed by atoms with Gasteiger partial charge in [-0.15, -0.1) is 0 Å². The molecule has 0 amide bonds. The average molecular weight is 210 g/mol. The van der Waals surface area contributed by atoms with Crippen molar-refractivity contribution in [3.8, 4) is 0 Å². The zero-order valence-corrected chi connectivity index (χ0v) is 9.21. The van der Waals surface area contributed by atoms with Crippen LogP contribution >= 0.6 is 0 Å². The molecule has 0 saturated carbocycles. The van der Waals surface area contributed by atoms with E-state index in [2.05, 4.69) is 24.3 Å². The monoisotopic (exact) mass is 210 g/mol. The topological polar surface area (TPSA) is 75.8 Å². The van der Waals surface area contributed by atoms with Gasteiger partial charge < -0.3 is 11.1 Å². The van der Waals surface area contributed by atoms with Crippen LogP contribution in [0.5, 0.6) is 0 Å². The summed E-state index contributed by atoms with van der Waals surface area (Å²) >= 11 is 0. The highest BCUT2D eigenvalue weighted by Crippen LogP contribution is 2.20. The number of hydrogen-bond acceptors (Lipinski definition) is 3. The Morgan fingerprint density at radius 1 is 1.67 bits per heavy atom. The first kappa shape index (κ1) is 10.4. The van der Waals surface area contributed by atoms with Gasteiger partial charge in [-0.05, 0) is 13.3 Å². The number of aromatic amines is 1. The Balaban J connectivity index is 2.51. The van der Waals surface area contributed by atoms with Gasteiger partial charge in [-0.25, -0.2) is 0 Å². The van der Waals surface area contributed by atoms with Crippen molar-refractivity contribution in [3.63, 3.8) is 0 Å². The Kier molecular flexibility index (Phi) is 2.67. The zero-order valence-electron chi connectivity index (χ0n) is 9.21. The summed E-state index contributed by atoms with van der Waals surface area (Å²) in [6.07, 6.45) is 0.992. The second kappa shape index (κ2) is 3.83. The third-order valence-corrected chi connectivity index (χ3v) is 3.13. The summed E-state index contributed by atoms with van der Waals surface area (Å²) < 4.78 is 1.95. The van der Waals surface area contributed by atoms with Crippen LogP contribution in [0.3, 0.4) is 0 Å². The molecule has 5 nitrogen and oxygen atoms in total. The smallest absolute Gasteiger partial charge is 0.269 e. The number of hydrogen-bond donors (Lipinski definition) is 3. The summed E-state index contributed by atoms with van der Waals surface area (Å²) in [6, 6.07) is 0.136. The van der Waals surface area contributed by atoms with Crippen LogP contribution < -0.4 is 16.6 Å². The Bertz CT molecular complexity index is 406. The second-order valence-electron chi connectivity index (χ2n) is 4.17. The molecule has 2 heterocycles. The molecule has 1 aliphatic heterocycles. The molecule has 0 bridgehead atoms. The van der Waals surface area contributed by atoms with Gasteiger partial charge in [-0.3, -0.25) is 14.6 Å². The number of nitrogens with two attached hydrogens (primary N) is 1. The molecule has 0 aromatic carbocycles. The maximum Gasteiger partial charge on any atom is 0.269 e. The lowest BCUT2D eigenvalue weighted by atomic mass is 10.0. The molecule has 1 aliphatic rings. The first-order chi connectivity index (χ1) is 7.15. The van der Waals surface area contributed by atoms with Crippen molar-refractivity contribution in [1.82, 2.24) is 15.1 Å². The van der Waals surface area contributed by atoms with Crippen molar-refractivity contribution >= 4 is 0 Å². The molecule has 0 fully saturated rings. The normalized spacial score (nSPS) is 22.5. The van der Waals surface area contributed by atoms with E-state index in [1.165, 1.54) is 0 Å². The fourth-order valence-electron chi connectivity index (χ4n) is 2.07. The van der Waals surface area contributed by atoms with Crippen LogP contribution in [0.1, 0.15) is 43.6 Å². The number of nitrogens with one attached hydrogen (secondary N) is 2. The van der Waals surface area contributed by atoms with Crippen molar-refractivity contribution in [2.24, 2.45) is 5.73 Å². The van der Waals surface area contributed by atoms with E-state index in [0.717, 1.165) is 24.2 Å². The van der Waals surface area contributed by atoms with Crippen molar-refractivity contribution in [2.45, 2.75) is 38.9 Å². The van der Waals surface area contributed by atoms with Crippen molar-refractivity contribution in [2.75, 3.05) is 6.54 Å². The summed E-state index contributed by atoms with van der Waals surface area (Å²) in [5.41, 5.74) is 7.66. The maximum atomic E-state index is 11.7. The van der Waals surface area contributed by atoms with E-state index in [4.69, 9.17) is 5.73 Å². The Hall–Kier alpha value is -1.07. The highest BCUT2D eigenvalue weighted by Gasteiger charge is 2.25. The van der Waals surface area contributed by atoms with Crippen LogP contribution in [0.15, 0.2) is 4.79 Å². The van der Waals surface area contributed by atoms with Gasteiger partial charge in [0.15, 0.2) is 0 Å². The van der Waals surface area contributed by atoms with Gasteiger partial charge in [0.25, 0.3) is 5.56 Å². The number of H-pyrrole nitrogens is 1. The molecule has 0 unspecified atom stereocenters. The zero-order chi connectivity index (χ0) is 11.0. The molecule has 84 valence electrons. The molecule has 1 aromatic rings. The minimum absolute atomic E-state index is 0.0284. The van der Waals surface area contributed by atoms with Gasteiger partial charge in [0.2, 0.25) is 0 Å². The lowest BCUT2D eigenvalue weighted by Crippen LogP contribution is -2.35. The van der Waals surface area contributed by atoms with Crippen LogP contribution in [0, 0.1) is 0 Å². The molecule has 2 atom stereocenters. The average Bonchev–Trinajstić information content (AvgIpc) is 2.56. The van der Waals surface area contributed by atoms with Crippen LogP contribution in [-0.2, 0) is 6.54 Å². The van der Waals surface area contributed by atoms with E-state index < -0.39 is 0 Å². The molecule has 0 radical (unpaired) electrons. The van der Waals surface area contributed by atoms with E-state index in [-0.39, 0.29) is 11.6 Å². The van der Waals surface area contributed by atoms with E-state index in [9.17, 15) is 4.79 Å². The third-order valence-electron chi connectivity index (χ3n) is 3.13. The first-order valence-corrected chi connectivity index (χ1v) is 5.44. The lowest BCUT2D eigenvalue weighted by Gasteiger charge is -2.22. The quantitative estimate of drug-likeness (QED) is 0.655. The van der Waals surface area contributed by atoms with Gasteiger partial charge in [-0.2, -0.15) is 0 Å². The summed E-state index contributed by atoms with van der Waals surface area (Å²) in [5.74, 6) is 0. The molecule has 0 aliphatic carbocycles. The predicted octanol–water partition coefficient (Wildman–Crippen LogP) is 0.250. The van der Waals surface area contributed by atoms with Crippen LogP contribution in [0.25, 0.3) is 0 Å². The minimum Gasteiger partial charge on any atom is -0.323 e. The van der Waals surface area contributed by atoms with Gasteiger partial charge >= 0.3 is 0 Å². The standard InChI is InChI=1S/C10H18N4O/c1-3-6(2)14-8-5-12-4-7(11)9(8)10(15)13-14/h6-7,12H,3-5,11H2,1-2H3,(H,13,15)/t6-,7-/m0/s1. The van der Waals surface area contributed by atoms with E-state index in [0.29, 0.717) is 12.6 Å². The Morgan fingerprint density at radius 2 is 2.40 bits per heavy atom. The number of fused-ring (bicyclic) bond motifs is 1. The van der Waals surface area contributed by atoms with E-state index in [1.807, 2.05) is 4.68 Å². The fourth-order valence-corrected chi connectivity index (χ4v) is 2.07. The molecule has 4 N–H and O–H groups in total. The third kappa shape index (κ3) is 1.61. The number of aromatic nitrogens is 2. The SMILES string of the molecule is CC[C@H](C)n1[nH]c(=O)c2c1CNC[C@@H]2N. The largest absolute Gasteiger partial charge is 0.323 e. The van der Waals surface area contributed by atoms with E-state index >= 15 is 0 Å². The molecule has 1 aromatic heterocycles. The number of rotatable bonds is 2. The van der Waals surface area contributed by atoms with Crippen LogP contribution in [0.2, 0.25) is 0 Å². The van der Waals surface area contributed by atoms with Crippen LogP contribution in [0.4, 0.5) is 0 Å². The van der Waals surface area contributed by atoms with Crippen molar-refractivity contribution in [1.29, 1.82) is 0 Å². The van der Waals surface area contributed by atoms with Gasteiger partial charge in [0.1, 0.15) is 0 Å². The summed E-state index contributed by atoms with van der Waals surface area (Å²) in [7, 11) is 0. The van der Waals surface area contributed by atoms with Crippen molar-refractivity contribution in [3.05, 3.63) is 21.6 Å². The molecular weight excluding hydrogens is 192 g/mol. The van der Waals surface area contributed by atoms with Gasteiger partial charge in [0.05, 0.1) is 11.3 Å². The molecule has 0 spiro atoms. The highest BCUT2D eigenvalue weighted by molar-refractivity contribution is 5.25. The van der Waals surface area contributed by atoms with Gasteiger partial charge in [0, 0.05) is 25.2 Å². The minimum atomic E-state index is -0.178. The number of nitrogens with zero attached hydrogens (tertiary/aromatic N) is 1. The summed E-state index contributed by atoms with van der Waals surface area (Å²) in [6.45, 7) is 5.61. The Morgan fingerprint density at radius 3 is 3.07 bits per heavy atom. The first-order valence-electron chi connectivity index (χ1n) is 5.44. The molecular formula is C10H18N4O. The fraction of sp³-hybridized carbons (Fsp3) is 0.700. The van der Waals surface area contributed by atoms with E-state index in [1.54, 1.807) is 0 Å². The molecule has 2 rings (SSSR count). The van der Waals surface area contributed by atoms with Crippen LogP contribution in [-0.4, -0.2) is 16.3 Å². The van der Waals surface area contributed by atoms with Gasteiger partial charge in [-0.1, -0.05) is 6.92 Å². The second-order valence-corrected chi connectivity index (χ2v) is 4.17.